The maximum absolute atomic E-state index is 14.1. The van der Waals surface area contributed by atoms with E-state index < -0.39 is 46.8 Å². The number of thiazole rings is 2. The standard InChI is InChI=1S/2C18H10BrF3N2O2S/c2*1-7-13(8-3-2-4-9(19)16(8)24(7)6-12(25)26)18-23-15-14(22)10(20)5-11(21)17(15)27-18/h2*2-5H,6H2,1H3,(H,25,26). The minimum absolute atomic E-state index is 0.0857. The summed E-state index contributed by atoms with van der Waals surface area (Å²) in [7, 11) is 0. The molecule has 0 spiro atoms. The molecule has 8 nitrogen and oxygen atoms in total. The first-order chi connectivity index (χ1) is 25.6. The molecule has 4 aromatic heterocycles. The Bertz CT molecular complexity index is 2690. The molecule has 0 saturated heterocycles. The molecule has 276 valence electrons. The predicted octanol–water partition coefficient (Wildman–Crippen LogP) is 11.0. The highest BCUT2D eigenvalue weighted by Crippen LogP contribution is 2.43. The van der Waals surface area contributed by atoms with Gasteiger partial charge in [0.2, 0.25) is 0 Å². The van der Waals surface area contributed by atoms with Crippen LogP contribution in [-0.4, -0.2) is 41.3 Å². The van der Waals surface area contributed by atoms with Crippen LogP contribution in [0.15, 0.2) is 57.5 Å². The van der Waals surface area contributed by atoms with Crippen molar-refractivity contribution in [3.05, 3.63) is 104 Å². The van der Waals surface area contributed by atoms with Crippen molar-refractivity contribution in [2.75, 3.05) is 0 Å². The van der Waals surface area contributed by atoms with Gasteiger partial charge in [-0.25, -0.2) is 36.3 Å². The van der Waals surface area contributed by atoms with Crippen molar-refractivity contribution in [1.29, 1.82) is 0 Å². The lowest BCUT2D eigenvalue weighted by molar-refractivity contribution is -0.138. The van der Waals surface area contributed by atoms with Crippen molar-refractivity contribution < 1.29 is 46.1 Å². The van der Waals surface area contributed by atoms with Gasteiger partial charge in [0, 0.05) is 54.4 Å². The molecule has 0 atom stereocenters. The van der Waals surface area contributed by atoms with Gasteiger partial charge in [-0.15, -0.1) is 22.7 Å². The molecule has 18 heteroatoms. The highest BCUT2D eigenvalue weighted by molar-refractivity contribution is 9.11. The molecule has 0 unspecified atom stereocenters. The summed E-state index contributed by atoms with van der Waals surface area (Å²) in [4.78, 5) is 30.8. The Morgan fingerprint density at radius 1 is 0.648 bits per heavy atom. The van der Waals surface area contributed by atoms with Crippen LogP contribution in [-0.2, 0) is 22.7 Å². The van der Waals surface area contributed by atoms with Crippen LogP contribution in [0.5, 0.6) is 0 Å². The van der Waals surface area contributed by atoms with E-state index in [9.17, 15) is 46.1 Å². The summed E-state index contributed by atoms with van der Waals surface area (Å²) in [6.07, 6.45) is 0. The zero-order valence-corrected chi connectivity index (χ0v) is 32.2. The second kappa shape index (κ2) is 14.1. The average molecular weight is 911 g/mol. The number of aliphatic carboxylic acids is 2. The molecule has 0 saturated carbocycles. The fourth-order valence-electron chi connectivity index (χ4n) is 6.37. The predicted molar refractivity (Wildman–Crippen MR) is 201 cm³/mol. The molecule has 0 bridgehead atoms. The molecule has 0 fully saturated rings. The summed E-state index contributed by atoms with van der Waals surface area (Å²) in [5.74, 6) is -8.85. The Morgan fingerprint density at radius 2 is 1.02 bits per heavy atom. The third kappa shape index (κ3) is 6.23. The minimum Gasteiger partial charge on any atom is -0.480 e. The number of para-hydroxylation sites is 2. The number of fused-ring (bicyclic) bond motifs is 4. The van der Waals surface area contributed by atoms with E-state index in [-0.39, 0.29) is 43.5 Å². The Morgan fingerprint density at radius 3 is 1.37 bits per heavy atom. The molecule has 2 N–H and O–H groups in total. The van der Waals surface area contributed by atoms with Crippen LogP contribution in [0.3, 0.4) is 0 Å². The van der Waals surface area contributed by atoms with E-state index in [0.29, 0.717) is 65.4 Å². The first-order valence-electron chi connectivity index (χ1n) is 15.5. The smallest absolute Gasteiger partial charge is 0.323 e. The van der Waals surface area contributed by atoms with Crippen molar-refractivity contribution in [3.63, 3.8) is 0 Å². The van der Waals surface area contributed by atoms with E-state index >= 15 is 0 Å². The van der Waals surface area contributed by atoms with E-state index in [1.54, 1.807) is 59.4 Å². The van der Waals surface area contributed by atoms with Gasteiger partial charge in [0.1, 0.15) is 45.8 Å². The molecule has 8 aromatic rings. The largest absolute Gasteiger partial charge is 0.480 e. The van der Waals surface area contributed by atoms with E-state index in [1.165, 1.54) is 0 Å². The fraction of sp³-hybridized carbons (Fsp3) is 0.111. The molecule has 4 aromatic carbocycles. The Labute approximate surface area is 324 Å². The van der Waals surface area contributed by atoms with Crippen LogP contribution < -0.4 is 0 Å². The van der Waals surface area contributed by atoms with Gasteiger partial charge < -0.3 is 19.3 Å². The van der Waals surface area contributed by atoms with Crippen LogP contribution in [0.25, 0.3) is 63.4 Å². The summed E-state index contributed by atoms with van der Waals surface area (Å²) in [6.45, 7) is 2.86. The molecule has 0 aliphatic carbocycles. The first kappa shape index (κ1) is 37.5. The number of rotatable bonds is 6. The molecule has 0 aliphatic rings. The summed E-state index contributed by atoms with van der Waals surface area (Å²) in [6, 6.07) is 11.6. The third-order valence-electron chi connectivity index (χ3n) is 8.63. The molecule has 0 radical (unpaired) electrons. The second-order valence-electron chi connectivity index (χ2n) is 11.9. The number of benzene rings is 4. The molecule has 0 aliphatic heterocycles. The molecular formula is C36H20Br2F6N4O4S2. The van der Waals surface area contributed by atoms with Crippen LogP contribution >= 0.6 is 54.5 Å². The summed E-state index contributed by atoms with van der Waals surface area (Å²) in [5.41, 5.74) is 2.82. The van der Waals surface area contributed by atoms with Crippen molar-refractivity contribution in [2.24, 2.45) is 0 Å². The number of halogens is 8. The van der Waals surface area contributed by atoms with Gasteiger partial charge in [-0.2, -0.15) is 0 Å². The van der Waals surface area contributed by atoms with Gasteiger partial charge in [0.25, 0.3) is 0 Å². The number of nitrogens with zero attached hydrogens (tertiary/aromatic N) is 4. The molecular weight excluding hydrogens is 890 g/mol. The number of hydrogen-bond acceptors (Lipinski definition) is 6. The van der Waals surface area contributed by atoms with Crippen LogP contribution in [0.2, 0.25) is 0 Å². The number of carbonyl (C=O) groups is 2. The van der Waals surface area contributed by atoms with E-state index in [4.69, 9.17) is 0 Å². The van der Waals surface area contributed by atoms with Gasteiger partial charge in [-0.05, 0) is 57.8 Å². The van der Waals surface area contributed by atoms with Gasteiger partial charge in [-0.1, -0.05) is 24.3 Å². The lowest BCUT2D eigenvalue weighted by Gasteiger charge is -2.05. The summed E-state index contributed by atoms with van der Waals surface area (Å²) < 4.78 is 87.8. The summed E-state index contributed by atoms with van der Waals surface area (Å²) in [5, 5.41) is 20.4. The van der Waals surface area contributed by atoms with E-state index in [0.717, 1.165) is 22.7 Å². The highest BCUT2D eigenvalue weighted by atomic mass is 79.9. The van der Waals surface area contributed by atoms with E-state index in [2.05, 4.69) is 41.8 Å². The van der Waals surface area contributed by atoms with Crippen LogP contribution in [0.1, 0.15) is 11.4 Å². The lowest BCUT2D eigenvalue weighted by atomic mass is 10.1. The maximum atomic E-state index is 14.1. The minimum atomic E-state index is -1.30. The van der Waals surface area contributed by atoms with Crippen molar-refractivity contribution in [1.82, 2.24) is 19.1 Å². The van der Waals surface area contributed by atoms with Gasteiger partial charge >= 0.3 is 11.9 Å². The van der Waals surface area contributed by atoms with Crippen LogP contribution in [0, 0.1) is 48.8 Å². The quantitative estimate of drug-likeness (QED) is 0.127. The van der Waals surface area contributed by atoms with Crippen molar-refractivity contribution >= 4 is 109 Å². The summed E-state index contributed by atoms with van der Waals surface area (Å²) >= 11 is 8.65. The number of hydrogen-bond donors (Lipinski definition) is 2. The number of aromatic nitrogens is 4. The van der Waals surface area contributed by atoms with Gasteiger partial charge in [-0.3, -0.25) is 9.59 Å². The molecule has 4 heterocycles. The monoisotopic (exact) mass is 908 g/mol. The second-order valence-corrected chi connectivity index (χ2v) is 15.6. The normalized spacial score (nSPS) is 11.6. The lowest BCUT2D eigenvalue weighted by Crippen LogP contribution is -2.10. The van der Waals surface area contributed by atoms with Gasteiger partial charge in [0.15, 0.2) is 23.3 Å². The Balaban J connectivity index is 0.000000167. The molecule has 54 heavy (non-hydrogen) atoms. The highest BCUT2D eigenvalue weighted by Gasteiger charge is 2.26. The van der Waals surface area contributed by atoms with Crippen molar-refractivity contribution in [3.8, 4) is 21.1 Å². The SMILES string of the molecule is Cc1c(-c2nc3c(F)c(F)cc(F)c3s2)c2cccc(Br)c2n1CC(=O)O.Cc1c(-c2nc3c(F)c(F)cc(F)c3s2)c2cccc(Br)c2n1CC(=O)O. The van der Waals surface area contributed by atoms with Gasteiger partial charge in [0.05, 0.1) is 20.4 Å². The average Bonchev–Trinajstić information content (AvgIpc) is 3.86. The fourth-order valence-corrected chi connectivity index (χ4v) is 9.68. The maximum Gasteiger partial charge on any atom is 0.323 e. The van der Waals surface area contributed by atoms with E-state index in [1.807, 2.05) is 0 Å². The Hall–Kier alpha value is -4.78. The molecule has 0 amide bonds. The number of carboxylic acid groups (broad SMARTS) is 2. The first-order valence-corrected chi connectivity index (χ1v) is 18.7. The zero-order valence-electron chi connectivity index (χ0n) is 27.4. The zero-order chi connectivity index (χ0) is 38.9. The van der Waals surface area contributed by atoms with Crippen LogP contribution in [0.4, 0.5) is 26.3 Å². The Kier molecular flexibility index (Phi) is 9.82. The topological polar surface area (TPSA) is 110 Å². The molecule has 8 rings (SSSR count). The third-order valence-corrected chi connectivity index (χ3v) is 12.1. The number of carboxylic acids is 2. The van der Waals surface area contributed by atoms with Crippen molar-refractivity contribution in [2.45, 2.75) is 26.9 Å².